The van der Waals surface area contributed by atoms with Crippen LogP contribution < -0.4 is 10.2 Å². The molecule has 0 aliphatic carbocycles. The molecule has 2 heterocycles. The summed E-state index contributed by atoms with van der Waals surface area (Å²) in [5.74, 6) is 1.07. The Labute approximate surface area is 182 Å². The Bertz CT molecular complexity index is 625. The fourth-order valence-corrected chi connectivity index (χ4v) is 4.06. The molecule has 1 N–H and O–H groups in total. The van der Waals surface area contributed by atoms with Gasteiger partial charge in [-0.25, -0.2) is 4.99 Å². The monoisotopic (exact) mass is 485 g/mol. The summed E-state index contributed by atoms with van der Waals surface area (Å²) in [5, 5.41) is 3.50. The van der Waals surface area contributed by atoms with Crippen LogP contribution in [0.15, 0.2) is 23.2 Å². The standard InChI is InChI=1S/C21H35N5.HI/c1-5-22-21(26-13-10-20(16-26)25-11-6-7-12-25)23-15-18-8-9-19(24(3)4)14-17(18)2;/h8-9,14,20H,5-7,10-13,15-16H2,1-4H3,(H,22,23);1H. The topological polar surface area (TPSA) is 34.1 Å². The molecule has 1 aromatic rings. The number of anilines is 1. The van der Waals surface area contributed by atoms with Crippen molar-refractivity contribution >= 4 is 35.6 Å². The maximum atomic E-state index is 4.96. The first-order chi connectivity index (χ1) is 12.6. The number of aryl methyl sites for hydroxylation is 1. The van der Waals surface area contributed by atoms with Crippen molar-refractivity contribution in [3.63, 3.8) is 0 Å². The van der Waals surface area contributed by atoms with Gasteiger partial charge in [0.25, 0.3) is 0 Å². The van der Waals surface area contributed by atoms with E-state index in [1.165, 1.54) is 49.2 Å². The smallest absolute Gasteiger partial charge is 0.194 e. The van der Waals surface area contributed by atoms with Gasteiger partial charge in [-0.05, 0) is 69.5 Å². The lowest BCUT2D eigenvalue weighted by Crippen LogP contribution is -2.42. The zero-order chi connectivity index (χ0) is 18.5. The molecule has 0 bridgehead atoms. The van der Waals surface area contributed by atoms with E-state index in [2.05, 4.69) is 66.2 Å². The van der Waals surface area contributed by atoms with Gasteiger partial charge in [-0.3, -0.25) is 4.90 Å². The van der Waals surface area contributed by atoms with Crippen molar-refractivity contribution in [2.75, 3.05) is 51.7 Å². The van der Waals surface area contributed by atoms with Crippen LogP contribution in [0.1, 0.15) is 37.3 Å². The summed E-state index contributed by atoms with van der Waals surface area (Å²) < 4.78 is 0. The third-order valence-corrected chi connectivity index (χ3v) is 5.70. The number of hydrogen-bond donors (Lipinski definition) is 1. The number of hydrogen-bond acceptors (Lipinski definition) is 3. The predicted octanol–water partition coefficient (Wildman–Crippen LogP) is 3.31. The van der Waals surface area contributed by atoms with Crippen LogP contribution in [0.3, 0.4) is 0 Å². The van der Waals surface area contributed by atoms with Crippen molar-refractivity contribution in [2.45, 2.75) is 45.7 Å². The molecule has 152 valence electrons. The van der Waals surface area contributed by atoms with Gasteiger partial charge in [0.15, 0.2) is 5.96 Å². The second-order valence-electron chi connectivity index (χ2n) is 7.81. The van der Waals surface area contributed by atoms with E-state index < -0.39 is 0 Å². The van der Waals surface area contributed by atoms with Gasteiger partial charge in [0, 0.05) is 45.5 Å². The van der Waals surface area contributed by atoms with Gasteiger partial charge < -0.3 is 15.1 Å². The summed E-state index contributed by atoms with van der Waals surface area (Å²) in [7, 11) is 4.17. The summed E-state index contributed by atoms with van der Waals surface area (Å²) in [6.07, 6.45) is 4.00. The van der Waals surface area contributed by atoms with Gasteiger partial charge in [0.05, 0.1) is 6.54 Å². The Morgan fingerprint density at radius 1 is 1.22 bits per heavy atom. The summed E-state index contributed by atoms with van der Waals surface area (Å²) in [6, 6.07) is 7.36. The molecule has 2 fully saturated rings. The molecular weight excluding hydrogens is 449 g/mol. The van der Waals surface area contributed by atoms with Crippen LogP contribution in [0, 0.1) is 6.92 Å². The van der Waals surface area contributed by atoms with Crippen molar-refractivity contribution in [3.8, 4) is 0 Å². The largest absolute Gasteiger partial charge is 0.378 e. The lowest BCUT2D eigenvalue weighted by molar-refractivity contribution is 0.249. The Morgan fingerprint density at radius 2 is 1.96 bits per heavy atom. The van der Waals surface area contributed by atoms with Crippen LogP contribution in [-0.4, -0.2) is 68.6 Å². The SMILES string of the molecule is CCNC(=NCc1ccc(N(C)C)cc1C)N1CCC(N2CCCC2)C1.I. The number of rotatable bonds is 5. The van der Waals surface area contributed by atoms with Crippen LogP contribution in [0.5, 0.6) is 0 Å². The van der Waals surface area contributed by atoms with Gasteiger partial charge in [0.1, 0.15) is 0 Å². The Hall–Kier alpha value is -1.02. The van der Waals surface area contributed by atoms with E-state index in [1.807, 2.05) is 0 Å². The van der Waals surface area contributed by atoms with Crippen LogP contribution in [0.4, 0.5) is 5.69 Å². The van der Waals surface area contributed by atoms with Crippen molar-refractivity contribution in [2.24, 2.45) is 4.99 Å². The van der Waals surface area contributed by atoms with Crippen LogP contribution >= 0.6 is 24.0 Å². The minimum Gasteiger partial charge on any atom is -0.378 e. The maximum absolute atomic E-state index is 4.96. The quantitative estimate of drug-likeness (QED) is 0.394. The number of nitrogens with one attached hydrogen (secondary N) is 1. The highest BCUT2D eigenvalue weighted by atomic mass is 127. The van der Waals surface area contributed by atoms with Crippen LogP contribution in [-0.2, 0) is 6.54 Å². The first-order valence-electron chi connectivity index (χ1n) is 10.1. The summed E-state index contributed by atoms with van der Waals surface area (Å²) >= 11 is 0. The molecule has 1 aromatic carbocycles. The van der Waals surface area contributed by atoms with E-state index in [1.54, 1.807) is 0 Å². The second-order valence-corrected chi connectivity index (χ2v) is 7.81. The summed E-state index contributed by atoms with van der Waals surface area (Å²) in [5.41, 5.74) is 3.86. The lowest BCUT2D eigenvalue weighted by Gasteiger charge is -2.25. The average molecular weight is 485 g/mol. The van der Waals surface area contributed by atoms with Crippen molar-refractivity contribution in [1.29, 1.82) is 0 Å². The molecule has 27 heavy (non-hydrogen) atoms. The van der Waals surface area contributed by atoms with Gasteiger partial charge in [-0.15, -0.1) is 24.0 Å². The van der Waals surface area contributed by atoms with Gasteiger partial charge in [-0.2, -0.15) is 0 Å². The molecule has 3 rings (SSSR count). The van der Waals surface area contributed by atoms with E-state index in [0.29, 0.717) is 6.04 Å². The predicted molar refractivity (Wildman–Crippen MR) is 127 cm³/mol. The molecule has 0 spiro atoms. The average Bonchev–Trinajstić information content (AvgIpc) is 3.30. The van der Waals surface area contributed by atoms with E-state index in [9.17, 15) is 0 Å². The molecule has 2 aliphatic heterocycles. The normalized spacial score (nSPS) is 20.7. The molecule has 2 aliphatic rings. The zero-order valence-corrected chi connectivity index (χ0v) is 19.7. The Kier molecular flexibility index (Phi) is 8.66. The van der Waals surface area contributed by atoms with Crippen LogP contribution in [0.25, 0.3) is 0 Å². The van der Waals surface area contributed by atoms with E-state index >= 15 is 0 Å². The molecule has 6 heteroatoms. The molecule has 1 atom stereocenters. The summed E-state index contributed by atoms with van der Waals surface area (Å²) in [6.45, 7) is 10.8. The molecule has 5 nitrogen and oxygen atoms in total. The van der Waals surface area contributed by atoms with E-state index in [0.717, 1.165) is 32.1 Å². The number of aliphatic imine (C=N–C) groups is 1. The first-order valence-corrected chi connectivity index (χ1v) is 10.1. The highest BCUT2D eigenvalue weighted by Crippen LogP contribution is 2.21. The molecule has 0 saturated carbocycles. The number of nitrogens with zero attached hydrogens (tertiary/aromatic N) is 4. The fourth-order valence-electron chi connectivity index (χ4n) is 4.06. The molecular formula is C21H36IN5. The number of benzene rings is 1. The van der Waals surface area contributed by atoms with Gasteiger partial charge >= 0.3 is 0 Å². The second kappa shape index (κ2) is 10.5. The van der Waals surface area contributed by atoms with E-state index in [4.69, 9.17) is 4.99 Å². The van der Waals surface area contributed by atoms with Gasteiger partial charge in [-0.1, -0.05) is 6.07 Å². The number of guanidine groups is 1. The Morgan fingerprint density at radius 3 is 2.59 bits per heavy atom. The zero-order valence-electron chi connectivity index (χ0n) is 17.4. The Balaban J connectivity index is 0.00000261. The third-order valence-electron chi connectivity index (χ3n) is 5.70. The highest BCUT2D eigenvalue weighted by molar-refractivity contribution is 14.0. The third kappa shape index (κ3) is 5.73. The molecule has 2 saturated heterocycles. The van der Waals surface area contributed by atoms with E-state index in [-0.39, 0.29) is 24.0 Å². The maximum Gasteiger partial charge on any atom is 0.194 e. The molecule has 0 radical (unpaired) electrons. The minimum atomic E-state index is 0. The van der Waals surface area contributed by atoms with Crippen molar-refractivity contribution in [3.05, 3.63) is 29.3 Å². The fraction of sp³-hybridized carbons (Fsp3) is 0.667. The minimum absolute atomic E-state index is 0. The van der Waals surface area contributed by atoms with Gasteiger partial charge in [0.2, 0.25) is 0 Å². The van der Waals surface area contributed by atoms with Crippen LogP contribution in [0.2, 0.25) is 0 Å². The molecule has 1 unspecified atom stereocenters. The summed E-state index contributed by atoms with van der Waals surface area (Å²) in [4.78, 5) is 12.2. The van der Waals surface area contributed by atoms with Crippen molar-refractivity contribution in [1.82, 2.24) is 15.1 Å². The van der Waals surface area contributed by atoms with Crippen molar-refractivity contribution < 1.29 is 0 Å². The number of halogens is 1. The molecule has 0 aromatic heterocycles. The lowest BCUT2D eigenvalue weighted by atomic mass is 10.1. The first kappa shape index (κ1) is 22.3. The highest BCUT2D eigenvalue weighted by Gasteiger charge is 2.30. The number of likely N-dealkylation sites (tertiary alicyclic amines) is 2. The molecule has 0 amide bonds.